The Morgan fingerprint density at radius 1 is 0.957 bits per heavy atom. The zero-order chi connectivity index (χ0) is 31.9. The molecule has 0 unspecified atom stereocenters. The van der Waals surface area contributed by atoms with Crippen molar-refractivity contribution in [1.29, 1.82) is 0 Å². The molecule has 0 radical (unpaired) electrons. The summed E-state index contributed by atoms with van der Waals surface area (Å²) in [6.07, 6.45) is 5.08. The van der Waals surface area contributed by atoms with E-state index >= 15 is 0 Å². The van der Waals surface area contributed by atoms with E-state index in [9.17, 15) is 4.79 Å². The second kappa shape index (κ2) is 15.7. The summed E-state index contributed by atoms with van der Waals surface area (Å²) in [4.78, 5) is 28.1. The molecule has 0 saturated carbocycles. The van der Waals surface area contributed by atoms with Crippen molar-refractivity contribution < 1.29 is 9.53 Å². The van der Waals surface area contributed by atoms with Crippen LogP contribution < -0.4 is 36.9 Å². The molecule has 0 atom stereocenters. The second-order valence-corrected chi connectivity index (χ2v) is 13.0. The van der Waals surface area contributed by atoms with Gasteiger partial charge < -0.3 is 15.0 Å². The first kappa shape index (κ1) is 32.9. The van der Waals surface area contributed by atoms with Gasteiger partial charge in [-0.05, 0) is 80.2 Å². The van der Waals surface area contributed by atoms with Gasteiger partial charge in [0.2, 0.25) is 11.8 Å². The highest BCUT2D eigenvalue weighted by molar-refractivity contribution is 6.35. The SMILES string of the molecule is CC(=O)NCC1CCN(Cc2cc(Oc3ccc(N4CCN(CCC5NNNN5)CC4)nc3)nc(-c3cc(Cl)cc(Cl)c3)c2)CC1. The van der Waals surface area contributed by atoms with E-state index in [0.717, 1.165) is 101 Å². The number of nitrogens with zero attached hydrogens (tertiary/aromatic N) is 5. The number of piperazine rings is 1. The molecule has 5 heterocycles. The molecule has 0 bridgehead atoms. The van der Waals surface area contributed by atoms with E-state index in [-0.39, 0.29) is 12.1 Å². The Kier molecular flexibility index (Phi) is 11.2. The van der Waals surface area contributed by atoms with Gasteiger partial charge in [-0.15, -0.1) is 0 Å². The third-order valence-electron chi connectivity index (χ3n) is 8.70. The minimum absolute atomic E-state index is 0.0285. The van der Waals surface area contributed by atoms with Crippen molar-refractivity contribution in [2.75, 3.05) is 57.3 Å². The molecule has 0 spiro atoms. The maximum Gasteiger partial charge on any atom is 0.220 e. The Morgan fingerprint density at radius 3 is 2.37 bits per heavy atom. The van der Waals surface area contributed by atoms with Crippen LogP contribution >= 0.6 is 23.2 Å². The molecule has 3 aliphatic rings. The van der Waals surface area contributed by atoms with Crippen molar-refractivity contribution in [2.24, 2.45) is 5.92 Å². The average Bonchev–Trinajstić information content (AvgIpc) is 3.58. The summed E-state index contributed by atoms with van der Waals surface area (Å²) in [7, 11) is 0. The maximum absolute atomic E-state index is 11.3. The highest BCUT2D eigenvalue weighted by atomic mass is 35.5. The highest BCUT2D eigenvalue weighted by Crippen LogP contribution is 2.31. The first-order chi connectivity index (χ1) is 22.4. The zero-order valence-electron chi connectivity index (χ0n) is 26.1. The number of ether oxygens (including phenoxy) is 1. The molecule has 2 aromatic heterocycles. The van der Waals surface area contributed by atoms with Crippen LogP contribution in [0.4, 0.5) is 5.82 Å². The summed E-state index contributed by atoms with van der Waals surface area (Å²) in [6.45, 7) is 9.86. The van der Waals surface area contributed by atoms with E-state index in [4.69, 9.17) is 37.9 Å². The first-order valence-electron chi connectivity index (χ1n) is 15.9. The van der Waals surface area contributed by atoms with Crippen LogP contribution in [0.25, 0.3) is 11.3 Å². The molecule has 3 fully saturated rings. The Balaban J connectivity index is 1.10. The summed E-state index contributed by atoms with van der Waals surface area (Å²) in [5.41, 5.74) is 14.7. The number of piperidine rings is 1. The van der Waals surface area contributed by atoms with Gasteiger partial charge in [0.05, 0.1) is 18.1 Å². The minimum atomic E-state index is 0.0285. The summed E-state index contributed by atoms with van der Waals surface area (Å²) >= 11 is 12.7. The molecule has 12 nitrogen and oxygen atoms in total. The van der Waals surface area contributed by atoms with E-state index in [1.54, 1.807) is 19.2 Å². The predicted molar refractivity (Wildman–Crippen MR) is 180 cm³/mol. The molecule has 1 aromatic carbocycles. The molecule has 3 aliphatic heterocycles. The topological polar surface area (TPSA) is 122 Å². The normalized spacial score (nSPS) is 18.6. The third-order valence-corrected chi connectivity index (χ3v) is 9.14. The fourth-order valence-corrected chi connectivity index (χ4v) is 6.65. The van der Waals surface area contributed by atoms with E-state index < -0.39 is 0 Å². The molecular formula is C32H42Cl2N10O2. The number of hydrogen-bond donors (Lipinski definition) is 5. The van der Waals surface area contributed by atoms with Crippen LogP contribution in [0.5, 0.6) is 11.6 Å². The predicted octanol–water partition coefficient (Wildman–Crippen LogP) is 3.55. The number of aromatic nitrogens is 2. The lowest BCUT2D eigenvalue weighted by molar-refractivity contribution is -0.119. The molecular weight excluding hydrogens is 627 g/mol. The van der Waals surface area contributed by atoms with Crippen molar-refractivity contribution in [3.8, 4) is 22.9 Å². The van der Waals surface area contributed by atoms with Gasteiger partial charge in [0.15, 0.2) is 0 Å². The van der Waals surface area contributed by atoms with Gasteiger partial charge in [0.1, 0.15) is 11.6 Å². The van der Waals surface area contributed by atoms with Crippen LogP contribution in [-0.4, -0.2) is 84.2 Å². The molecule has 0 aliphatic carbocycles. The molecule has 3 aromatic rings. The molecule has 46 heavy (non-hydrogen) atoms. The standard InChI is InChI=1S/C32H42Cl2N10O2/c1-22(45)35-19-23-4-7-43(8-5-23)21-24-14-29(25-16-26(33)18-27(34)17-25)37-32(15-24)46-28-2-3-31(36-20-28)44-12-10-42(11-13-44)9-6-30-38-40-41-39-30/h2-3,14-18,20,23,30,38-41H,4-13,19,21H2,1H3,(H,35,45). The highest BCUT2D eigenvalue weighted by Gasteiger charge is 2.22. The zero-order valence-corrected chi connectivity index (χ0v) is 27.6. The number of amides is 1. The Labute approximate surface area is 280 Å². The lowest BCUT2D eigenvalue weighted by Gasteiger charge is -2.35. The number of nitrogens with one attached hydrogen (secondary N) is 5. The van der Waals surface area contributed by atoms with E-state index in [0.29, 0.717) is 27.6 Å². The number of anilines is 1. The summed E-state index contributed by atoms with van der Waals surface area (Å²) in [6, 6.07) is 13.5. The molecule has 5 N–H and O–H groups in total. The summed E-state index contributed by atoms with van der Waals surface area (Å²) in [5, 5.41) is 4.07. The molecule has 3 saturated heterocycles. The maximum atomic E-state index is 11.3. The van der Waals surface area contributed by atoms with Crippen LogP contribution in [0.3, 0.4) is 0 Å². The lowest BCUT2D eigenvalue weighted by atomic mass is 9.96. The van der Waals surface area contributed by atoms with E-state index in [2.05, 4.69) is 48.0 Å². The number of hydrogen-bond acceptors (Lipinski definition) is 11. The smallest absolute Gasteiger partial charge is 0.220 e. The van der Waals surface area contributed by atoms with E-state index in [1.165, 1.54) is 0 Å². The number of halogens is 2. The quantitative estimate of drug-likeness (QED) is 0.206. The van der Waals surface area contributed by atoms with Crippen molar-refractivity contribution in [1.82, 2.24) is 47.0 Å². The lowest BCUT2D eigenvalue weighted by Crippen LogP contribution is -2.48. The number of likely N-dealkylation sites (tertiary alicyclic amines) is 1. The van der Waals surface area contributed by atoms with Crippen LogP contribution in [0, 0.1) is 5.92 Å². The van der Waals surface area contributed by atoms with Crippen molar-refractivity contribution in [2.45, 2.75) is 38.9 Å². The van der Waals surface area contributed by atoms with E-state index in [1.807, 2.05) is 30.3 Å². The van der Waals surface area contributed by atoms with Gasteiger partial charge in [-0.25, -0.2) is 20.8 Å². The first-order valence-corrected chi connectivity index (χ1v) is 16.7. The number of benzene rings is 1. The number of carbonyl (C=O) groups is 1. The van der Waals surface area contributed by atoms with Gasteiger partial charge in [-0.1, -0.05) is 23.2 Å². The number of pyridine rings is 2. The van der Waals surface area contributed by atoms with Gasteiger partial charge in [0.25, 0.3) is 0 Å². The molecule has 6 rings (SSSR count). The number of hydrazine groups is 3. The van der Waals surface area contributed by atoms with Gasteiger partial charge >= 0.3 is 0 Å². The third kappa shape index (κ3) is 9.26. The number of rotatable bonds is 11. The second-order valence-electron chi connectivity index (χ2n) is 12.2. The minimum Gasteiger partial charge on any atom is -0.437 e. The monoisotopic (exact) mass is 668 g/mol. The Bertz CT molecular complexity index is 1440. The average molecular weight is 670 g/mol. The van der Waals surface area contributed by atoms with Crippen molar-refractivity contribution in [3.63, 3.8) is 0 Å². The largest absolute Gasteiger partial charge is 0.437 e. The Hall–Kier alpha value is -3.07. The molecule has 1 amide bonds. The van der Waals surface area contributed by atoms with Gasteiger partial charge in [-0.3, -0.25) is 14.6 Å². The van der Waals surface area contributed by atoms with Gasteiger partial charge in [-0.2, -0.15) is 11.1 Å². The van der Waals surface area contributed by atoms with Gasteiger partial charge in [0, 0.05) is 74.4 Å². The van der Waals surface area contributed by atoms with Crippen LogP contribution in [0.2, 0.25) is 10.0 Å². The Morgan fingerprint density at radius 2 is 1.70 bits per heavy atom. The van der Waals surface area contributed by atoms with Crippen LogP contribution in [0.1, 0.15) is 31.7 Å². The fraction of sp³-hybridized carbons (Fsp3) is 0.469. The molecule has 14 heteroatoms. The number of carbonyl (C=O) groups excluding carboxylic acids is 1. The van der Waals surface area contributed by atoms with Crippen LogP contribution in [-0.2, 0) is 11.3 Å². The summed E-state index contributed by atoms with van der Waals surface area (Å²) < 4.78 is 6.30. The fourth-order valence-electron chi connectivity index (χ4n) is 6.13. The summed E-state index contributed by atoms with van der Waals surface area (Å²) in [5.74, 6) is 2.59. The molecule has 246 valence electrons. The van der Waals surface area contributed by atoms with Crippen molar-refractivity contribution >= 4 is 34.9 Å². The van der Waals surface area contributed by atoms with Crippen molar-refractivity contribution in [3.05, 3.63) is 64.3 Å². The van der Waals surface area contributed by atoms with Crippen LogP contribution in [0.15, 0.2) is 48.7 Å².